The fraction of sp³-hybridized carbons (Fsp3) is 1.00. The number of nitrogens with two attached hydrogens (primary N) is 1. The van der Waals surface area contributed by atoms with Crippen LogP contribution in [0.1, 0.15) is 71.1 Å². The molecule has 3 N–H and O–H groups in total. The molecule has 122 valence electrons. The molecule has 0 fully saturated rings. The molecule has 0 heterocycles. The number of rotatable bonds is 16. The monoisotopic (exact) mass is 286 g/mol. The molecule has 20 heavy (non-hydrogen) atoms. The topological polar surface area (TPSA) is 47.3 Å². The minimum Gasteiger partial charge on any atom is -0.384 e. The molecule has 0 saturated carbocycles. The smallest absolute Gasteiger partial charge is 0.0490 e. The van der Waals surface area contributed by atoms with Crippen LogP contribution in [0.3, 0.4) is 0 Å². The van der Waals surface area contributed by atoms with Gasteiger partial charge in [0.1, 0.15) is 0 Å². The highest BCUT2D eigenvalue weighted by Gasteiger charge is 2.07. The van der Waals surface area contributed by atoms with Gasteiger partial charge in [-0.3, -0.25) is 0 Å². The minimum atomic E-state index is 0.736. The van der Waals surface area contributed by atoms with Crippen molar-refractivity contribution >= 4 is 0 Å². The molecule has 0 aliphatic heterocycles. The van der Waals surface area contributed by atoms with Crippen LogP contribution in [0.5, 0.6) is 0 Å². The molecule has 0 aromatic rings. The Morgan fingerprint density at radius 2 is 1.55 bits per heavy atom. The van der Waals surface area contributed by atoms with E-state index in [2.05, 4.69) is 12.2 Å². The maximum atomic E-state index is 5.46. The lowest BCUT2D eigenvalue weighted by atomic mass is 9.96. The van der Waals surface area contributed by atoms with Gasteiger partial charge in [-0.25, -0.2) is 0 Å². The molecule has 0 saturated heterocycles. The SMILES string of the molecule is CCCCCCCCCC(CCCNCCN)COC. The second kappa shape index (κ2) is 16.9. The highest BCUT2D eigenvalue weighted by Crippen LogP contribution is 2.17. The van der Waals surface area contributed by atoms with Crippen molar-refractivity contribution in [2.45, 2.75) is 71.1 Å². The summed E-state index contributed by atoms with van der Waals surface area (Å²) in [6.45, 7) is 5.96. The van der Waals surface area contributed by atoms with E-state index in [1.165, 1.54) is 64.2 Å². The van der Waals surface area contributed by atoms with Crippen molar-refractivity contribution in [2.24, 2.45) is 11.7 Å². The van der Waals surface area contributed by atoms with Gasteiger partial charge in [-0.05, 0) is 31.7 Å². The van der Waals surface area contributed by atoms with Crippen LogP contribution in [0.4, 0.5) is 0 Å². The Hall–Kier alpha value is -0.120. The average molecular weight is 287 g/mol. The second-order valence-corrected chi connectivity index (χ2v) is 5.91. The normalized spacial score (nSPS) is 12.8. The van der Waals surface area contributed by atoms with E-state index in [9.17, 15) is 0 Å². The largest absolute Gasteiger partial charge is 0.384 e. The maximum Gasteiger partial charge on any atom is 0.0490 e. The number of unbranched alkanes of at least 4 members (excludes halogenated alkanes) is 6. The number of nitrogens with one attached hydrogen (secondary N) is 1. The summed E-state index contributed by atoms with van der Waals surface area (Å²) in [4.78, 5) is 0. The molecule has 0 amide bonds. The highest BCUT2D eigenvalue weighted by atomic mass is 16.5. The Kier molecular flexibility index (Phi) is 16.8. The van der Waals surface area contributed by atoms with Crippen LogP contribution in [0.15, 0.2) is 0 Å². The van der Waals surface area contributed by atoms with Crippen LogP contribution in [0.25, 0.3) is 0 Å². The van der Waals surface area contributed by atoms with Gasteiger partial charge in [0.2, 0.25) is 0 Å². The zero-order chi connectivity index (χ0) is 14.9. The molecule has 0 aliphatic rings. The summed E-state index contributed by atoms with van der Waals surface area (Å²) in [5.41, 5.74) is 5.46. The first kappa shape index (κ1) is 19.9. The average Bonchev–Trinajstić information content (AvgIpc) is 2.46. The van der Waals surface area contributed by atoms with Gasteiger partial charge < -0.3 is 15.8 Å². The van der Waals surface area contributed by atoms with Crippen molar-refractivity contribution in [3.05, 3.63) is 0 Å². The van der Waals surface area contributed by atoms with E-state index in [0.717, 1.165) is 32.2 Å². The van der Waals surface area contributed by atoms with Crippen molar-refractivity contribution in [2.75, 3.05) is 33.4 Å². The third-order valence-corrected chi connectivity index (χ3v) is 3.91. The summed E-state index contributed by atoms with van der Waals surface area (Å²) < 4.78 is 5.35. The molecule has 0 radical (unpaired) electrons. The Morgan fingerprint density at radius 1 is 0.900 bits per heavy atom. The Labute approximate surface area is 127 Å². The number of ether oxygens (including phenoxy) is 1. The van der Waals surface area contributed by atoms with Crippen LogP contribution in [0, 0.1) is 5.92 Å². The van der Waals surface area contributed by atoms with E-state index in [1.54, 1.807) is 0 Å². The van der Waals surface area contributed by atoms with Crippen LogP contribution in [0.2, 0.25) is 0 Å². The first-order valence-corrected chi connectivity index (χ1v) is 8.74. The predicted octanol–water partition coefficient (Wildman–Crippen LogP) is 3.72. The molecule has 0 spiro atoms. The van der Waals surface area contributed by atoms with E-state index < -0.39 is 0 Å². The number of hydrogen-bond donors (Lipinski definition) is 2. The summed E-state index contributed by atoms with van der Waals surface area (Å²) in [6.07, 6.45) is 13.6. The zero-order valence-corrected chi connectivity index (χ0v) is 14.0. The first-order valence-electron chi connectivity index (χ1n) is 8.74. The number of hydrogen-bond acceptors (Lipinski definition) is 3. The van der Waals surface area contributed by atoms with Crippen molar-refractivity contribution in [3.8, 4) is 0 Å². The van der Waals surface area contributed by atoms with E-state index in [1.807, 2.05) is 7.11 Å². The molecule has 0 aromatic carbocycles. The zero-order valence-electron chi connectivity index (χ0n) is 14.0. The third kappa shape index (κ3) is 14.3. The van der Waals surface area contributed by atoms with Crippen LogP contribution < -0.4 is 11.1 Å². The quantitative estimate of drug-likeness (QED) is 0.425. The molecule has 0 aliphatic carbocycles. The summed E-state index contributed by atoms with van der Waals surface area (Å²) in [6, 6.07) is 0. The molecule has 0 rings (SSSR count). The van der Waals surface area contributed by atoms with Gasteiger partial charge in [-0.2, -0.15) is 0 Å². The first-order chi connectivity index (χ1) is 9.85. The third-order valence-electron chi connectivity index (χ3n) is 3.91. The molecule has 0 bridgehead atoms. The van der Waals surface area contributed by atoms with Crippen LogP contribution in [-0.2, 0) is 4.74 Å². The minimum absolute atomic E-state index is 0.736. The summed E-state index contributed by atoms with van der Waals surface area (Å²) >= 11 is 0. The van der Waals surface area contributed by atoms with Crippen molar-refractivity contribution in [1.29, 1.82) is 0 Å². The van der Waals surface area contributed by atoms with Crippen LogP contribution >= 0.6 is 0 Å². The molecule has 1 unspecified atom stereocenters. The lowest BCUT2D eigenvalue weighted by Gasteiger charge is -2.16. The van der Waals surface area contributed by atoms with Crippen molar-refractivity contribution in [1.82, 2.24) is 5.32 Å². The Morgan fingerprint density at radius 3 is 2.20 bits per heavy atom. The predicted molar refractivity (Wildman–Crippen MR) is 89.1 cm³/mol. The van der Waals surface area contributed by atoms with E-state index in [4.69, 9.17) is 10.5 Å². The van der Waals surface area contributed by atoms with Gasteiger partial charge in [0.25, 0.3) is 0 Å². The van der Waals surface area contributed by atoms with E-state index >= 15 is 0 Å². The highest BCUT2D eigenvalue weighted by molar-refractivity contribution is 4.61. The van der Waals surface area contributed by atoms with E-state index in [-0.39, 0.29) is 0 Å². The summed E-state index contributed by atoms with van der Waals surface area (Å²) in [7, 11) is 1.82. The Bertz CT molecular complexity index is 176. The fourth-order valence-corrected chi connectivity index (χ4v) is 2.68. The molecular formula is C17H38N2O. The fourth-order valence-electron chi connectivity index (χ4n) is 2.68. The Balaban J connectivity index is 3.44. The van der Waals surface area contributed by atoms with Crippen molar-refractivity contribution < 1.29 is 4.74 Å². The van der Waals surface area contributed by atoms with Gasteiger partial charge in [0.15, 0.2) is 0 Å². The summed E-state index contributed by atoms with van der Waals surface area (Å²) in [5.74, 6) is 0.746. The summed E-state index contributed by atoms with van der Waals surface area (Å²) in [5, 5.41) is 3.36. The standard InChI is InChI=1S/C17H38N2O/c1-3-4-5-6-7-8-9-11-17(16-20-2)12-10-14-19-15-13-18/h17,19H,3-16,18H2,1-2H3. The molecule has 3 nitrogen and oxygen atoms in total. The molecule has 0 aromatic heterocycles. The van der Waals surface area contributed by atoms with Crippen LogP contribution in [-0.4, -0.2) is 33.4 Å². The molecule has 1 atom stereocenters. The van der Waals surface area contributed by atoms with E-state index in [0.29, 0.717) is 0 Å². The second-order valence-electron chi connectivity index (χ2n) is 5.91. The molecule has 3 heteroatoms. The van der Waals surface area contributed by atoms with Gasteiger partial charge in [0, 0.05) is 26.8 Å². The van der Waals surface area contributed by atoms with Gasteiger partial charge >= 0.3 is 0 Å². The van der Waals surface area contributed by atoms with Crippen molar-refractivity contribution in [3.63, 3.8) is 0 Å². The molecular weight excluding hydrogens is 248 g/mol. The van der Waals surface area contributed by atoms with Gasteiger partial charge in [0.05, 0.1) is 0 Å². The maximum absolute atomic E-state index is 5.46. The lowest BCUT2D eigenvalue weighted by Crippen LogP contribution is -2.24. The lowest BCUT2D eigenvalue weighted by molar-refractivity contribution is 0.140. The van der Waals surface area contributed by atoms with Gasteiger partial charge in [-0.1, -0.05) is 51.9 Å². The van der Waals surface area contributed by atoms with Gasteiger partial charge in [-0.15, -0.1) is 0 Å². The number of methoxy groups -OCH3 is 1.